The lowest BCUT2D eigenvalue weighted by atomic mass is 10.1. The molecule has 6 heteroatoms. The molecule has 2 aromatic rings. The molecule has 0 heterocycles. The van der Waals surface area contributed by atoms with Gasteiger partial charge in [0.1, 0.15) is 5.75 Å². The van der Waals surface area contributed by atoms with Crippen molar-refractivity contribution in [1.82, 2.24) is 5.48 Å². The van der Waals surface area contributed by atoms with E-state index in [1.807, 2.05) is 36.4 Å². The zero-order valence-electron chi connectivity index (χ0n) is 12.1. The standard InChI is InChI=1S/C16H17IN2O3/c1-21-14-5-3-2-4-12(14)10-15(18)19-22-16(20)11-6-8-13(17)9-7-11/h2-9,15,19H,10,18H2,1H3. The average Bonchev–Trinajstić information content (AvgIpc) is 2.54. The van der Waals surface area contributed by atoms with Crippen molar-refractivity contribution in [2.45, 2.75) is 12.6 Å². The van der Waals surface area contributed by atoms with Crippen LogP contribution in [0.4, 0.5) is 0 Å². The number of carbonyl (C=O) groups is 1. The Balaban J connectivity index is 1.88. The predicted octanol–water partition coefficient (Wildman–Crippen LogP) is 2.49. The lowest BCUT2D eigenvalue weighted by Crippen LogP contribution is -2.40. The first kappa shape index (κ1) is 16.7. The topological polar surface area (TPSA) is 73.6 Å². The molecular formula is C16H17IN2O3. The summed E-state index contributed by atoms with van der Waals surface area (Å²) in [6.45, 7) is 0. The molecule has 0 aliphatic rings. The minimum atomic E-state index is -0.524. The molecule has 2 aromatic carbocycles. The molecule has 1 unspecified atom stereocenters. The van der Waals surface area contributed by atoms with E-state index in [0.717, 1.165) is 14.9 Å². The predicted molar refractivity (Wildman–Crippen MR) is 92.4 cm³/mol. The molecule has 3 N–H and O–H groups in total. The summed E-state index contributed by atoms with van der Waals surface area (Å²) in [4.78, 5) is 16.9. The summed E-state index contributed by atoms with van der Waals surface area (Å²) in [5.74, 6) is 0.288. The van der Waals surface area contributed by atoms with E-state index in [2.05, 4.69) is 28.1 Å². The average molecular weight is 412 g/mol. The third kappa shape index (κ3) is 4.69. The maximum Gasteiger partial charge on any atom is 0.356 e. The molecule has 0 amide bonds. The van der Waals surface area contributed by atoms with E-state index >= 15 is 0 Å². The van der Waals surface area contributed by atoms with Crippen LogP contribution in [0.1, 0.15) is 15.9 Å². The Hall–Kier alpha value is -1.64. The highest BCUT2D eigenvalue weighted by atomic mass is 127. The quantitative estimate of drug-likeness (QED) is 0.434. The first-order chi connectivity index (χ1) is 10.6. The second-order valence-electron chi connectivity index (χ2n) is 4.64. The van der Waals surface area contributed by atoms with Gasteiger partial charge < -0.3 is 15.3 Å². The Labute approximate surface area is 142 Å². The number of benzene rings is 2. The molecule has 1 atom stereocenters. The molecule has 5 nitrogen and oxygen atoms in total. The molecule has 0 aliphatic carbocycles. The fourth-order valence-corrected chi connectivity index (χ4v) is 2.28. The summed E-state index contributed by atoms with van der Waals surface area (Å²) in [7, 11) is 1.61. The lowest BCUT2D eigenvalue weighted by molar-refractivity contribution is 0.0159. The van der Waals surface area contributed by atoms with Crippen LogP contribution in [0.15, 0.2) is 48.5 Å². The minimum Gasteiger partial charge on any atom is -0.496 e. The third-order valence-electron chi connectivity index (χ3n) is 3.02. The highest BCUT2D eigenvalue weighted by molar-refractivity contribution is 14.1. The maximum atomic E-state index is 11.9. The molecule has 0 aromatic heterocycles. The van der Waals surface area contributed by atoms with Crippen molar-refractivity contribution >= 4 is 28.6 Å². The summed E-state index contributed by atoms with van der Waals surface area (Å²) < 4.78 is 6.31. The van der Waals surface area contributed by atoms with Gasteiger partial charge in [-0.25, -0.2) is 4.79 Å². The Morgan fingerprint density at radius 2 is 1.91 bits per heavy atom. The number of nitrogens with two attached hydrogens (primary N) is 1. The van der Waals surface area contributed by atoms with Gasteiger partial charge in [-0.2, -0.15) is 0 Å². The van der Waals surface area contributed by atoms with E-state index in [1.165, 1.54) is 0 Å². The number of hydroxylamine groups is 1. The summed E-state index contributed by atoms with van der Waals surface area (Å²) in [5.41, 5.74) is 9.91. The van der Waals surface area contributed by atoms with Crippen LogP contribution in [0.5, 0.6) is 5.75 Å². The van der Waals surface area contributed by atoms with E-state index in [-0.39, 0.29) is 0 Å². The van der Waals surface area contributed by atoms with Crippen LogP contribution in [-0.2, 0) is 11.3 Å². The number of para-hydroxylation sites is 1. The Bertz CT molecular complexity index is 632. The first-order valence-corrected chi connectivity index (χ1v) is 7.78. The van der Waals surface area contributed by atoms with Crippen molar-refractivity contribution in [3.8, 4) is 5.75 Å². The van der Waals surface area contributed by atoms with Crippen LogP contribution >= 0.6 is 22.6 Å². The highest BCUT2D eigenvalue weighted by Gasteiger charge is 2.12. The number of nitrogens with one attached hydrogen (secondary N) is 1. The minimum absolute atomic E-state index is 0.466. The molecule has 116 valence electrons. The zero-order chi connectivity index (χ0) is 15.9. The van der Waals surface area contributed by atoms with E-state index in [4.69, 9.17) is 15.3 Å². The van der Waals surface area contributed by atoms with Gasteiger partial charge in [0.2, 0.25) is 0 Å². The Kier molecular flexibility index (Phi) is 6.17. The summed E-state index contributed by atoms with van der Waals surface area (Å²) in [6, 6.07) is 14.7. The maximum absolute atomic E-state index is 11.9. The second kappa shape index (κ2) is 8.11. The number of hydrogen-bond donors (Lipinski definition) is 2. The summed E-state index contributed by atoms with van der Waals surface area (Å²) >= 11 is 2.17. The molecule has 0 bridgehead atoms. The number of methoxy groups -OCH3 is 1. The van der Waals surface area contributed by atoms with Gasteiger partial charge in [0.05, 0.1) is 18.8 Å². The van der Waals surface area contributed by atoms with Crippen LogP contribution in [0, 0.1) is 3.57 Å². The molecular weight excluding hydrogens is 395 g/mol. The first-order valence-electron chi connectivity index (χ1n) is 6.70. The van der Waals surface area contributed by atoms with Crippen molar-refractivity contribution in [1.29, 1.82) is 0 Å². The second-order valence-corrected chi connectivity index (χ2v) is 5.88. The van der Waals surface area contributed by atoms with Crippen molar-refractivity contribution in [2.24, 2.45) is 5.73 Å². The monoisotopic (exact) mass is 412 g/mol. The van der Waals surface area contributed by atoms with E-state index < -0.39 is 12.1 Å². The van der Waals surface area contributed by atoms with Gasteiger partial charge in [-0.05, 0) is 58.5 Å². The van der Waals surface area contributed by atoms with Gasteiger partial charge in [0, 0.05) is 9.99 Å². The number of carbonyl (C=O) groups excluding carboxylic acids is 1. The highest BCUT2D eigenvalue weighted by Crippen LogP contribution is 2.18. The van der Waals surface area contributed by atoms with Crippen molar-refractivity contribution < 1.29 is 14.4 Å². The van der Waals surface area contributed by atoms with Gasteiger partial charge >= 0.3 is 5.97 Å². The molecule has 22 heavy (non-hydrogen) atoms. The van der Waals surface area contributed by atoms with Crippen molar-refractivity contribution in [3.05, 3.63) is 63.2 Å². The number of rotatable bonds is 6. The fraction of sp³-hybridized carbons (Fsp3) is 0.188. The smallest absolute Gasteiger partial charge is 0.356 e. The van der Waals surface area contributed by atoms with E-state index in [9.17, 15) is 4.79 Å². The molecule has 2 rings (SSSR count). The normalized spacial score (nSPS) is 11.8. The van der Waals surface area contributed by atoms with Gasteiger partial charge in [-0.1, -0.05) is 18.2 Å². The Morgan fingerprint density at radius 3 is 2.59 bits per heavy atom. The van der Waals surface area contributed by atoms with Crippen LogP contribution in [0.25, 0.3) is 0 Å². The summed E-state index contributed by atoms with van der Waals surface area (Å²) in [6.07, 6.45) is -0.0478. The molecule has 0 saturated carbocycles. The van der Waals surface area contributed by atoms with Crippen molar-refractivity contribution in [3.63, 3.8) is 0 Å². The molecule has 0 radical (unpaired) electrons. The van der Waals surface area contributed by atoms with Crippen LogP contribution in [-0.4, -0.2) is 19.2 Å². The van der Waals surface area contributed by atoms with Crippen LogP contribution in [0.2, 0.25) is 0 Å². The summed E-state index contributed by atoms with van der Waals surface area (Å²) in [5, 5.41) is 0. The van der Waals surface area contributed by atoms with E-state index in [1.54, 1.807) is 19.2 Å². The largest absolute Gasteiger partial charge is 0.496 e. The molecule has 0 aliphatic heterocycles. The van der Waals surface area contributed by atoms with Crippen LogP contribution < -0.4 is 16.0 Å². The van der Waals surface area contributed by atoms with Gasteiger partial charge in [0.15, 0.2) is 0 Å². The molecule has 0 spiro atoms. The van der Waals surface area contributed by atoms with Crippen LogP contribution in [0.3, 0.4) is 0 Å². The SMILES string of the molecule is COc1ccccc1CC(N)NOC(=O)c1ccc(I)cc1. The van der Waals surface area contributed by atoms with Gasteiger partial charge in [-0.3, -0.25) is 0 Å². The lowest BCUT2D eigenvalue weighted by Gasteiger charge is -2.15. The number of hydrogen-bond acceptors (Lipinski definition) is 5. The zero-order valence-corrected chi connectivity index (χ0v) is 14.2. The number of ether oxygens (including phenoxy) is 1. The Morgan fingerprint density at radius 1 is 1.23 bits per heavy atom. The van der Waals surface area contributed by atoms with Gasteiger partial charge in [0.25, 0.3) is 0 Å². The third-order valence-corrected chi connectivity index (χ3v) is 3.73. The number of halogens is 1. The van der Waals surface area contributed by atoms with E-state index in [0.29, 0.717) is 12.0 Å². The fourth-order valence-electron chi connectivity index (χ4n) is 1.92. The van der Waals surface area contributed by atoms with Gasteiger partial charge in [-0.15, -0.1) is 5.48 Å². The molecule has 0 saturated heterocycles. The van der Waals surface area contributed by atoms with Crippen molar-refractivity contribution in [2.75, 3.05) is 7.11 Å². The molecule has 0 fully saturated rings.